The van der Waals surface area contributed by atoms with E-state index in [0.29, 0.717) is 5.69 Å². The van der Waals surface area contributed by atoms with Crippen LogP contribution in [0, 0.1) is 0 Å². The molecule has 2 rings (SSSR count). The van der Waals surface area contributed by atoms with Crippen LogP contribution < -0.4 is 21.7 Å². The Bertz CT molecular complexity index is 908. The average Bonchev–Trinajstić information content (AvgIpc) is 3.28. The molecule has 7 N–H and O–H groups in total. The first kappa shape index (κ1) is 24.9. The highest BCUT2D eigenvalue weighted by Crippen LogP contribution is 2.05. The fourth-order valence-electron chi connectivity index (χ4n) is 2.82. The summed E-state index contributed by atoms with van der Waals surface area (Å²) in [5.41, 5.74) is 7.32. The Morgan fingerprint density at radius 1 is 1.03 bits per heavy atom. The largest absolute Gasteiger partial charge is 0.480 e. The molecule has 0 fully saturated rings. The fraction of sp³-hybridized carbons (Fsp3) is 0.350. The quantitative estimate of drug-likeness (QED) is 0.190. The number of carbonyl (C=O) groups excluding carboxylic acids is 3. The molecule has 0 radical (unpaired) electrons. The van der Waals surface area contributed by atoms with E-state index in [1.807, 2.05) is 0 Å². The zero-order valence-electron chi connectivity index (χ0n) is 17.2. The lowest BCUT2D eigenvalue weighted by molar-refractivity contribution is -0.138. The molecule has 3 atom stereocenters. The van der Waals surface area contributed by atoms with Gasteiger partial charge in [0.25, 0.3) is 0 Å². The van der Waals surface area contributed by atoms with Crippen molar-refractivity contribution >= 4 is 36.3 Å². The number of hydrogen-bond acceptors (Lipinski definition) is 7. The Hall–Kier alpha value is -3.38. The van der Waals surface area contributed by atoms with Gasteiger partial charge in [-0.2, -0.15) is 12.6 Å². The van der Waals surface area contributed by atoms with Gasteiger partial charge in [0.15, 0.2) is 0 Å². The van der Waals surface area contributed by atoms with Gasteiger partial charge < -0.3 is 31.8 Å². The van der Waals surface area contributed by atoms with Gasteiger partial charge in [-0.3, -0.25) is 19.2 Å². The number of carbonyl (C=O) groups is 4. The second-order valence-electron chi connectivity index (χ2n) is 6.99. The van der Waals surface area contributed by atoms with Gasteiger partial charge in [0.05, 0.1) is 12.4 Å². The molecule has 3 amide bonds. The van der Waals surface area contributed by atoms with E-state index in [9.17, 15) is 19.2 Å². The summed E-state index contributed by atoms with van der Waals surface area (Å²) in [6.07, 6.45) is 3.33. The summed E-state index contributed by atoms with van der Waals surface area (Å²) in [6.45, 7) is -0.588. The number of carboxylic acids is 1. The molecule has 172 valence electrons. The van der Waals surface area contributed by atoms with E-state index in [1.165, 1.54) is 6.33 Å². The monoisotopic (exact) mass is 462 g/mol. The van der Waals surface area contributed by atoms with Gasteiger partial charge in [-0.25, -0.2) is 4.98 Å². The Labute approximate surface area is 190 Å². The third-order valence-electron chi connectivity index (χ3n) is 4.48. The highest BCUT2D eigenvalue weighted by atomic mass is 32.1. The molecule has 2 aromatic rings. The molecule has 0 saturated heterocycles. The second-order valence-corrected chi connectivity index (χ2v) is 7.36. The number of thiol groups is 1. The minimum absolute atomic E-state index is 0.0385. The summed E-state index contributed by atoms with van der Waals surface area (Å²) in [7, 11) is 0. The van der Waals surface area contributed by atoms with Crippen LogP contribution in [0.2, 0.25) is 0 Å². The van der Waals surface area contributed by atoms with E-state index in [0.717, 1.165) is 5.56 Å². The van der Waals surface area contributed by atoms with Crippen molar-refractivity contribution in [3.63, 3.8) is 0 Å². The number of rotatable bonds is 12. The standard InChI is InChI=1S/C20H26N6O5S/c21-14(7-13-8-22-11-24-13)18(29)26-16(10-32)20(31)25-15(19(30)23-9-17(27)28)6-12-4-2-1-3-5-12/h1-5,8,11,14-16,32H,6-7,9-10,21H2,(H,22,24)(H,23,30)(H,25,31)(H,26,29)(H,27,28). The number of benzene rings is 1. The van der Waals surface area contributed by atoms with Gasteiger partial charge in [0.1, 0.15) is 18.6 Å². The van der Waals surface area contributed by atoms with Crippen molar-refractivity contribution in [3.05, 3.63) is 54.1 Å². The summed E-state index contributed by atoms with van der Waals surface area (Å²) < 4.78 is 0. The van der Waals surface area contributed by atoms with Crippen molar-refractivity contribution in [2.24, 2.45) is 5.73 Å². The number of nitrogens with two attached hydrogens (primary N) is 1. The van der Waals surface area contributed by atoms with Gasteiger partial charge in [-0.15, -0.1) is 0 Å². The SMILES string of the molecule is NC(Cc1cnc[nH]1)C(=O)NC(CS)C(=O)NC(Cc1ccccc1)C(=O)NCC(=O)O. The third kappa shape index (κ3) is 8.04. The van der Waals surface area contributed by atoms with Gasteiger partial charge in [0, 0.05) is 30.5 Å². The molecule has 12 heteroatoms. The molecule has 0 aliphatic heterocycles. The van der Waals surface area contributed by atoms with E-state index in [1.54, 1.807) is 36.5 Å². The number of nitrogens with one attached hydrogen (secondary N) is 4. The lowest BCUT2D eigenvalue weighted by Crippen LogP contribution is -2.57. The molecular formula is C20H26N6O5S. The Kier molecular flexibility index (Phi) is 9.70. The Balaban J connectivity index is 2.03. The van der Waals surface area contributed by atoms with Gasteiger partial charge in [-0.1, -0.05) is 30.3 Å². The van der Waals surface area contributed by atoms with Crippen LogP contribution >= 0.6 is 12.6 Å². The molecule has 1 heterocycles. The molecule has 0 bridgehead atoms. The molecule has 0 saturated carbocycles. The highest BCUT2D eigenvalue weighted by Gasteiger charge is 2.28. The maximum absolute atomic E-state index is 12.8. The first-order valence-corrected chi connectivity index (χ1v) is 10.4. The third-order valence-corrected chi connectivity index (χ3v) is 4.84. The highest BCUT2D eigenvalue weighted by molar-refractivity contribution is 7.80. The minimum Gasteiger partial charge on any atom is -0.480 e. The molecular weight excluding hydrogens is 436 g/mol. The van der Waals surface area contributed by atoms with Crippen LogP contribution in [0.4, 0.5) is 0 Å². The van der Waals surface area contributed by atoms with Crippen molar-refractivity contribution in [1.82, 2.24) is 25.9 Å². The minimum atomic E-state index is -1.21. The number of imidazole rings is 1. The van der Waals surface area contributed by atoms with Gasteiger partial charge in [-0.05, 0) is 5.56 Å². The number of amides is 3. The van der Waals surface area contributed by atoms with Crippen molar-refractivity contribution in [2.75, 3.05) is 12.3 Å². The fourth-order valence-corrected chi connectivity index (χ4v) is 3.07. The zero-order chi connectivity index (χ0) is 23.5. The number of aliphatic carboxylic acids is 1. The predicted octanol–water partition coefficient (Wildman–Crippen LogP) is -1.38. The second kappa shape index (κ2) is 12.5. The number of nitrogens with zero attached hydrogens (tertiary/aromatic N) is 1. The normalized spacial score (nSPS) is 13.4. The van der Waals surface area contributed by atoms with Crippen LogP contribution in [-0.4, -0.2) is 69.2 Å². The van der Waals surface area contributed by atoms with E-state index < -0.39 is 48.4 Å². The number of aromatic nitrogens is 2. The summed E-state index contributed by atoms with van der Waals surface area (Å²) >= 11 is 4.12. The Morgan fingerprint density at radius 3 is 2.31 bits per heavy atom. The van der Waals surface area contributed by atoms with E-state index in [2.05, 4.69) is 38.5 Å². The molecule has 3 unspecified atom stereocenters. The molecule has 11 nitrogen and oxygen atoms in total. The molecule has 32 heavy (non-hydrogen) atoms. The van der Waals surface area contributed by atoms with Crippen molar-refractivity contribution in [3.8, 4) is 0 Å². The Morgan fingerprint density at radius 2 is 1.72 bits per heavy atom. The van der Waals surface area contributed by atoms with E-state index >= 15 is 0 Å². The van der Waals surface area contributed by atoms with Crippen LogP contribution in [0.3, 0.4) is 0 Å². The number of hydrogen-bond donors (Lipinski definition) is 7. The number of carboxylic acid groups (broad SMARTS) is 1. The maximum atomic E-state index is 12.8. The number of H-pyrrole nitrogens is 1. The number of aromatic amines is 1. The van der Waals surface area contributed by atoms with Crippen LogP contribution in [0.5, 0.6) is 0 Å². The van der Waals surface area contributed by atoms with Crippen LogP contribution in [0.25, 0.3) is 0 Å². The molecule has 1 aromatic carbocycles. The zero-order valence-corrected chi connectivity index (χ0v) is 18.0. The summed E-state index contributed by atoms with van der Waals surface area (Å²) in [6, 6.07) is 5.88. The van der Waals surface area contributed by atoms with Crippen LogP contribution in [0.1, 0.15) is 11.3 Å². The van der Waals surface area contributed by atoms with Gasteiger partial charge >= 0.3 is 5.97 Å². The summed E-state index contributed by atoms with van der Waals surface area (Å²) in [5.74, 6) is -3.12. The topological polar surface area (TPSA) is 179 Å². The summed E-state index contributed by atoms with van der Waals surface area (Å²) in [5, 5.41) is 16.2. The van der Waals surface area contributed by atoms with E-state index in [-0.39, 0.29) is 18.6 Å². The first-order chi connectivity index (χ1) is 15.3. The predicted molar refractivity (Wildman–Crippen MR) is 119 cm³/mol. The van der Waals surface area contributed by atoms with Crippen LogP contribution in [-0.2, 0) is 32.0 Å². The first-order valence-electron chi connectivity index (χ1n) is 9.78. The molecule has 1 aromatic heterocycles. The van der Waals surface area contributed by atoms with Crippen molar-refractivity contribution < 1.29 is 24.3 Å². The van der Waals surface area contributed by atoms with Crippen molar-refractivity contribution in [1.29, 1.82) is 0 Å². The lowest BCUT2D eigenvalue weighted by atomic mass is 10.0. The molecule has 0 aliphatic rings. The van der Waals surface area contributed by atoms with Crippen LogP contribution in [0.15, 0.2) is 42.9 Å². The smallest absolute Gasteiger partial charge is 0.322 e. The summed E-state index contributed by atoms with van der Waals surface area (Å²) in [4.78, 5) is 55.1. The van der Waals surface area contributed by atoms with E-state index in [4.69, 9.17) is 10.8 Å². The maximum Gasteiger partial charge on any atom is 0.322 e. The average molecular weight is 463 g/mol. The molecule has 0 spiro atoms. The van der Waals surface area contributed by atoms with Crippen molar-refractivity contribution in [2.45, 2.75) is 31.0 Å². The van der Waals surface area contributed by atoms with Gasteiger partial charge in [0.2, 0.25) is 17.7 Å². The lowest BCUT2D eigenvalue weighted by Gasteiger charge is -2.23. The molecule has 0 aliphatic carbocycles.